The highest BCUT2D eigenvalue weighted by atomic mass is 16.2. The molecule has 0 aromatic heterocycles. The maximum atomic E-state index is 12.4. The lowest BCUT2D eigenvalue weighted by Gasteiger charge is -2.62. The van der Waals surface area contributed by atoms with E-state index in [4.69, 9.17) is 0 Å². The van der Waals surface area contributed by atoms with Gasteiger partial charge in [0.1, 0.15) is 0 Å². The lowest BCUT2D eigenvalue weighted by Crippen LogP contribution is -2.62. The summed E-state index contributed by atoms with van der Waals surface area (Å²) in [6.45, 7) is 2.05. The van der Waals surface area contributed by atoms with Gasteiger partial charge in [-0.25, -0.2) is 4.79 Å². The number of hydrogen-bond donors (Lipinski definition) is 2. The molecule has 0 heterocycles. The van der Waals surface area contributed by atoms with Crippen molar-refractivity contribution in [3.05, 3.63) is 35.9 Å². The molecule has 3 atom stereocenters. The van der Waals surface area contributed by atoms with E-state index < -0.39 is 0 Å². The zero-order valence-corrected chi connectivity index (χ0v) is 13.3. The normalized spacial score (nSPS) is 36.9. The number of rotatable bonds is 3. The van der Waals surface area contributed by atoms with Crippen molar-refractivity contribution in [3.8, 4) is 0 Å². The minimum Gasteiger partial charge on any atom is -0.335 e. The van der Waals surface area contributed by atoms with Gasteiger partial charge in [-0.1, -0.05) is 36.8 Å². The second kappa shape index (κ2) is 5.29. The van der Waals surface area contributed by atoms with E-state index in [0.717, 1.165) is 17.4 Å². The van der Waals surface area contributed by atoms with Crippen LogP contribution in [0.4, 0.5) is 4.79 Å². The lowest BCUT2D eigenvalue weighted by molar-refractivity contribution is -0.0939. The molecule has 0 radical (unpaired) electrons. The topological polar surface area (TPSA) is 41.1 Å². The van der Waals surface area contributed by atoms with E-state index in [-0.39, 0.29) is 12.1 Å². The Morgan fingerprint density at radius 2 is 1.91 bits per heavy atom. The van der Waals surface area contributed by atoms with Gasteiger partial charge < -0.3 is 10.6 Å². The average molecular weight is 298 g/mol. The fraction of sp³-hybridized carbons (Fsp3) is 0.632. The standard InChI is InChI=1S/C19H26N2O/c1-13(14-6-3-2-4-7-14)20-18(22)21-17-15-8-5-9-19(10-15)11-16(17)12-19/h2-4,6-7,13,15-17H,5,8-12H2,1H3,(H2,20,21,22)/t13-,15?,16?,17?,19?/m1/s1. The zero-order chi connectivity index (χ0) is 15.2. The number of carbonyl (C=O) groups is 1. The molecular formula is C19H26N2O. The van der Waals surface area contributed by atoms with Crippen LogP contribution in [0.5, 0.6) is 0 Å². The predicted octanol–water partition coefficient (Wildman–Crippen LogP) is 4.02. The summed E-state index contributed by atoms with van der Waals surface area (Å²) in [6.07, 6.45) is 8.15. The molecule has 22 heavy (non-hydrogen) atoms. The maximum Gasteiger partial charge on any atom is 0.315 e. The van der Waals surface area contributed by atoms with Crippen LogP contribution in [0.2, 0.25) is 0 Å². The van der Waals surface area contributed by atoms with Crippen molar-refractivity contribution in [3.63, 3.8) is 0 Å². The Hall–Kier alpha value is -1.51. The van der Waals surface area contributed by atoms with Crippen LogP contribution in [-0.4, -0.2) is 12.1 Å². The molecule has 1 spiro atoms. The van der Waals surface area contributed by atoms with Gasteiger partial charge in [0.2, 0.25) is 0 Å². The molecular weight excluding hydrogens is 272 g/mol. The molecule has 5 rings (SSSR count). The maximum absolute atomic E-state index is 12.4. The van der Waals surface area contributed by atoms with Gasteiger partial charge in [0.15, 0.2) is 0 Å². The van der Waals surface area contributed by atoms with Crippen LogP contribution in [0.25, 0.3) is 0 Å². The molecule has 2 N–H and O–H groups in total. The lowest BCUT2D eigenvalue weighted by atomic mass is 9.45. The first-order valence-electron chi connectivity index (χ1n) is 8.77. The minimum atomic E-state index is 0.00586. The first-order chi connectivity index (χ1) is 10.7. The fourth-order valence-corrected chi connectivity index (χ4v) is 5.32. The summed E-state index contributed by atoms with van der Waals surface area (Å²) in [5.41, 5.74) is 1.83. The molecule has 1 aromatic rings. The number of benzene rings is 1. The van der Waals surface area contributed by atoms with Crippen molar-refractivity contribution in [2.24, 2.45) is 17.3 Å². The first-order valence-corrected chi connectivity index (χ1v) is 8.77. The molecule has 4 aliphatic carbocycles. The molecule has 0 aliphatic heterocycles. The summed E-state index contributed by atoms with van der Waals surface area (Å²) in [5, 5.41) is 6.41. The minimum absolute atomic E-state index is 0.00586. The Morgan fingerprint density at radius 3 is 2.68 bits per heavy atom. The molecule has 0 saturated heterocycles. The SMILES string of the molecule is C[C@@H](NC(=O)NC1C2CCCC3(C2)CC1C3)c1ccccc1. The summed E-state index contributed by atoms with van der Waals surface area (Å²) in [6, 6.07) is 10.6. The Bertz CT molecular complexity index is 550. The van der Waals surface area contributed by atoms with E-state index in [1.54, 1.807) is 0 Å². The third-order valence-electron chi connectivity index (χ3n) is 6.33. The van der Waals surface area contributed by atoms with Crippen molar-refractivity contribution in [1.82, 2.24) is 10.6 Å². The van der Waals surface area contributed by atoms with Gasteiger partial charge in [-0.2, -0.15) is 0 Å². The second-order valence-electron chi connectivity index (χ2n) is 7.80. The molecule has 2 amide bonds. The quantitative estimate of drug-likeness (QED) is 0.869. The van der Waals surface area contributed by atoms with Gasteiger partial charge in [0.05, 0.1) is 6.04 Å². The Labute approximate surface area is 132 Å². The van der Waals surface area contributed by atoms with E-state index in [9.17, 15) is 4.79 Å². The largest absolute Gasteiger partial charge is 0.335 e. The van der Waals surface area contributed by atoms with Crippen molar-refractivity contribution in [2.75, 3.05) is 0 Å². The Morgan fingerprint density at radius 1 is 1.18 bits per heavy atom. The van der Waals surface area contributed by atoms with Crippen molar-refractivity contribution >= 4 is 6.03 Å². The van der Waals surface area contributed by atoms with E-state index in [1.807, 2.05) is 25.1 Å². The van der Waals surface area contributed by atoms with Gasteiger partial charge in [0.25, 0.3) is 0 Å². The first kappa shape index (κ1) is 14.1. The van der Waals surface area contributed by atoms with E-state index in [2.05, 4.69) is 22.8 Å². The third kappa shape index (κ3) is 2.41. The summed E-state index contributed by atoms with van der Waals surface area (Å²) in [5.74, 6) is 1.45. The average Bonchev–Trinajstić information content (AvgIpc) is 2.50. The fourth-order valence-electron chi connectivity index (χ4n) is 5.32. The van der Waals surface area contributed by atoms with E-state index in [0.29, 0.717) is 11.5 Å². The highest BCUT2D eigenvalue weighted by Gasteiger charge is 2.56. The zero-order valence-electron chi connectivity index (χ0n) is 13.3. The van der Waals surface area contributed by atoms with Crippen LogP contribution in [0.3, 0.4) is 0 Å². The number of hydrogen-bond acceptors (Lipinski definition) is 1. The molecule has 1 aromatic carbocycles. The smallest absolute Gasteiger partial charge is 0.315 e. The Kier molecular flexibility index (Phi) is 3.39. The van der Waals surface area contributed by atoms with Gasteiger partial charge in [0, 0.05) is 6.04 Å². The molecule has 4 fully saturated rings. The number of amides is 2. The van der Waals surface area contributed by atoms with Crippen molar-refractivity contribution in [2.45, 2.75) is 57.5 Å². The summed E-state index contributed by atoms with van der Waals surface area (Å²) in [4.78, 5) is 12.4. The summed E-state index contributed by atoms with van der Waals surface area (Å²) in [7, 11) is 0. The highest BCUT2D eigenvalue weighted by molar-refractivity contribution is 5.75. The number of nitrogens with one attached hydrogen (secondary N) is 2. The molecule has 118 valence electrons. The molecule has 2 unspecified atom stereocenters. The van der Waals surface area contributed by atoms with Crippen LogP contribution in [0, 0.1) is 17.3 Å². The van der Waals surface area contributed by atoms with Crippen molar-refractivity contribution in [1.29, 1.82) is 0 Å². The van der Waals surface area contributed by atoms with Crippen LogP contribution in [0.1, 0.15) is 57.1 Å². The van der Waals surface area contributed by atoms with Crippen LogP contribution in [0.15, 0.2) is 30.3 Å². The number of urea groups is 1. The van der Waals surface area contributed by atoms with Crippen LogP contribution >= 0.6 is 0 Å². The highest BCUT2D eigenvalue weighted by Crippen LogP contribution is 2.63. The number of carbonyl (C=O) groups excluding carboxylic acids is 1. The molecule has 3 heteroatoms. The Balaban J connectivity index is 1.36. The van der Waals surface area contributed by atoms with Gasteiger partial charge in [-0.3, -0.25) is 0 Å². The molecule has 4 aliphatic rings. The summed E-state index contributed by atoms with van der Waals surface area (Å²) < 4.78 is 0. The summed E-state index contributed by atoms with van der Waals surface area (Å²) >= 11 is 0. The van der Waals surface area contributed by atoms with E-state index >= 15 is 0 Å². The predicted molar refractivity (Wildman–Crippen MR) is 87.4 cm³/mol. The molecule has 4 saturated carbocycles. The van der Waals surface area contributed by atoms with Gasteiger partial charge in [-0.05, 0) is 61.8 Å². The van der Waals surface area contributed by atoms with Gasteiger partial charge >= 0.3 is 6.03 Å². The van der Waals surface area contributed by atoms with Gasteiger partial charge in [-0.15, -0.1) is 0 Å². The van der Waals surface area contributed by atoms with E-state index in [1.165, 1.54) is 38.5 Å². The molecule has 3 bridgehead atoms. The monoisotopic (exact) mass is 298 g/mol. The second-order valence-corrected chi connectivity index (χ2v) is 7.80. The van der Waals surface area contributed by atoms with Crippen LogP contribution in [-0.2, 0) is 0 Å². The van der Waals surface area contributed by atoms with Crippen molar-refractivity contribution < 1.29 is 4.79 Å². The third-order valence-corrected chi connectivity index (χ3v) is 6.33. The van der Waals surface area contributed by atoms with Crippen LogP contribution < -0.4 is 10.6 Å². The molecule has 3 nitrogen and oxygen atoms in total.